The lowest BCUT2D eigenvalue weighted by Gasteiger charge is -2.10. The molecule has 0 saturated carbocycles. The Kier molecular flexibility index (Phi) is 5.61. The third kappa shape index (κ3) is 4.25. The van der Waals surface area contributed by atoms with Gasteiger partial charge in [0.05, 0.1) is 22.8 Å². The predicted octanol–water partition coefficient (Wildman–Crippen LogP) is 5.39. The van der Waals surface area contributed by atoms with E-state index in [1.54, 1.807) is 42.6 Å². The summed E-state index contributed by atoms with van der Waals surface area (Å²) in [5.74, 6) is 0.183. The predicted molar refractivity (Wildman–Crippen MR) is 105 cm³/mol. The number of carbonyl (C=O) groups excluding carboxylic acids is 1. The Morgan fingerprint density at radius 1 is 1.00 bits per heavy atom. The molecule has 3 rings (SSSR count). The van der Waals surface area contributed by atoms with Gasteiger partial charge in [-0.1, -0.05) is 35.3 Å². The van der Waals surface area contributed by atoms with E-state index < -0.39 is 0 Å². The first-order chi connectivity index (χ1) is 12.6. The summed E-state index contributed by atoms with van der Waals surface area (Å²) in [6.07, 6.45) is 1.55. The van der Waals surface area contributed by atoms with Gasteiger partial charge >= 0.3 is 0 Å². The van der Waals surface area contributed by atoms with Crippen molar-refractivity contribution in [2.24, 2.45) is 0 Å². The van der Waals surface area contributed by atoms with Crippen LogP contribution in [-0.4, -0.2) is 18.0 Å². The number of halogens is 2. The summed E-state index contributed by atoms with van der Waals surface area (Å²) in [4.78, 5) is 16.6. The van der Waals surface area contributed by atoms with Crippen LogP contribution in [0.2, 0.25) is 10.0 Å². The molecule has 26 heavy (non-hydrogen) atoms. The molecule has 2 aromatic carbocycles. The molecule has 2 N–H and O–H groups in total. The van der Waals surface area contributed by atoms with Gasteiger partial charge in [-0.2, -0.15) is 0 Å². The van der Waals surface area contributed by atoms with E-state index in [1.165, 1.54) is 7.11 Å². The van der Waals surface area contributed by atoms with Crippen molar-refractivity contribution in [1.82, 2.24) is 4.98 Å². The zero-order chi connectivity index (χ0) is 18.5. The van der Waals surface area contributed by atoms with E-state index in [0.717, 1.165) is 5.69 Å². The molecule has 1 aromatic heterocycles. The van der Waals surface area contributed by atoms with Crippen molar-refractivity contribution >= 4 is 46.2 Å². The first-order valence-electron chi connectivity index (χ1n) is 7.69. The van der Waals surface area contributed by atoms with Crippen molar-refractivity contribution in [3.8, 4) is 5.75 Å². The highest BCUT2D eigenvalue weighted by Crippen LogP contribution is 2.28. The minimum atomic E-state index is -0.353. The average molecular weight is 388 g/mol. The second-order valence-corrected chi connectivity index (χ2v) is 6.15. The standard InChI is InChI=1S/C19H15Cl2N3O2/c1-26-18-7-6-12(10-15(18)21)24-19(25)17-11-13(8-9-22-17)23-16-5-3-2-4-14(16)20/h2-11H,1H3,(H,22,23)(H,24,25). The molecule has 0 aliphatic heterocycles. The van der Waals surface area contributed by atoms with Crippen LogP contribution < -0.4 is 15.4 Å². The largest absolute Gasteiger partial charge is 0.495 e. The number of nitrogens with zero attached hydrogens (tertiary/aromatic N) is 1. The van der Waals surface area contributed by atoms with E-state index in [4.69, 9.17) is 27.9 Å². The van der Waals surface area contributed by atoms with Crippen LogP contribution in [0.25, 0.3) is 0 Å². The fourth-order valence-corrected chi connectivity index (χ4v) is 2.73. The topological polar surface area (TPSA) is 63.2 Å². The van der Waals surface area contributed by atoms with Crippen molar-refractivity contribution in [1.29, 1.82) is 0 Å². The van der Waals surface area contributed by atoms with Crippen LogP contribution >= 0.6 is 23.2 Å². The zero-order valence-corrected chi connectivity index (χ0v) is 15.3. The maximum atomic E-state index is 12.4. The van der Waals surface area contributed by atoms with Gasteiger partial charge in [0.15, 0.2) is 0 Å². The number of hydrogen-bond acceptors (Lipinski definition) is 4. The minimum Gasteiger partial charge on any atom is -0.495 e. The molecule has 0 atom stereocenters. The Bertz CT molecular complexity index is 948. The van der Waals surface area contributed by atoms with Gasteiger partial charge in [0, 0.05) is 17.6 Å². The smallest absolute Gasteiger partial charge is 0.274 e. The van der Waals surface area contributed by atoms with Crippen LogP contribution in [0.1, 0.15) is 10.5 Å². The van der Waals surface area contributed by atoms with E-state index >= 15 is 0 Å². The lowest BCUT2D eigenvalue weighted by molar-refractivity contribution is 0.102. The number of hydrogen-bond donors (Lipinski definition) is 2. The van der Waals surface area contributed by atoms with Crippen molar-refractivity contribution in [3.05, 3.63) is 76.5 Å². The lowest BCUT2D eigenvalue weighted by Crippen LogP contribution is -2.13. The highest BCUT2D eigenvalue weighted by Gasteiger charge is 2.11. The summed E-state index contributed by atoms with van der Waals surface area (Å²) in [7, 11) is 1.53. The minimum absolute atomic E-state index is 0.258. The van der Waals surface area contributed by atoms with Crippen molar-refractivity contribution < 1.29 is 9.53 Å². The van der Waals surface area contributed by atoms with Crippen LogP contribution in [0.15, 0.2) is 60.8 Å². The van der Waals surface area contributed by atoms with Gasteiger partial charge in [-0.25, -0.2) is 0 Å². The van der Waals surface area contributed by atoms with E-state index in [0.29, 0.717) is 27.2 Å². The summed E-state index contributed by atoms with van der Waals surface area (Å²) >= 11 is 12.2. The van der Waals surface area contributed by atoms with E-state index in [2.05, 4.69) is 15.6 Å². The summed E-state index contributed by atoms with van der Waals surface area (Å²) < 4.78 is 5.10. The molecule has 0 bridgehead atoms. The Balaban J connectivity index is 1.76. The Morgan fingerprint density at radius 3 is 2.54 bits per heavy atom. The maximum absolute atomic E-state index is 12.4. The van der Waals surface area contributed by atoms with E-state index in [-0.39, 0.29) is 11.6 Å². The van der Waals surface area contributed by atoms with Crippen LogP contribution in [0.3, 0.4) is 0 Å². The second kappa shape index (κ2) is 8.08. The molecule has 0 radical (unpaired) electrons. The third-order valence-electron chi connectivity index (χ3n) is 3.56. The van der Waals surface area contributed by atoms with Gasteiger partial charge in [0.25, 0.3) is 5.91 Å². The Labute approximate surface area is 160 Å². The molecule has 5 nitrogen and oxygen atoms in total. The number of ether oxygens (including phenoxy) is 1. The summed E-state index contributed by atoms with van der Waals surface area (Å²) in [5.41, 5.74) is 2.25. The number of nitrogens with one attached hydrogen (secondary N) is 2. The molecule has 1 amide bonds. The van der Waals surface area contributed by atoms with Crippen LogP contribution in [0.5, 0.6) is 5.75 Å². The molecule has 0 fully saturated rings. The van der Waals surface area contributed by atoms with Crippen LogP contribution in [0, 0.1) is 0 Å². The van der Waals surface area contributed by atoms with Crippen molar-refractivity contribution in [2.45, 2.75) is 0 Å². The monoisotopic (exact) mass is 387 g/mol. The maximum Gasteiger partial charge on any atom is 0.274 e. The number of benzene rings is 2. The van der Waals surface area contributed by atoms with Gasteiger partial charge in [0.2, 0.25) is 0 Å². The third-order valence-corrected chi connectivity index (χ3v) is 4.18. The van der Waals surface area contributed by atoms with Gasteiger partial charge in [0.1, 0.15) is 11.4 Å². The normalized spacial score (nSPS) is 10.3. The molecule has 1 heterocycles. The number of amides is 1. The second-order valence-electron chi connectivity index (χ2n) is 5.34. The Morgan fingerprint density at radius 2 is 1.81 bits per heavy atom. The molecule has 0 spiro atoms. The molecule has 7 heteroatoms. The fourth-order valence-electron chi connectivity index (χ4n) is 2.29. The number of pyridine rings is 1. The van der Waals surface area contributed by atoms with E-state index in [1.807, 2.05) is 18.2 Å². The molecule has 0 unspecified atom stereocenters. The van der Waals surface area contributed by atoms with Gasteiger partial charge < -0.3 is 15.4 Å². The number of methoxy groups -OCH3 is 1. The zero-order valence-electron chi connectivity index (χ0n) is 13.8. The van der Waals surface area contributed by atoms with Gasteiger partial charge in [-0.3, -0.25) is 9.78 Å². The number of para-hydroxylation sites is 1. The first-order valence-corrected chi connectivity index (χ1v) is 8.45. The highest BCUT2D eigenvalue weighted by atomic mass is 35.5. The summed E-state index contributed by atoms with van der Waals surface area (Å²) in [5, 5.41) is 6.92. The quantitative estimate of drug-likeness (QED) is 0.615. The lowest BCUT2D eigenvalue weighted by atomic mass is 10.2. The first kappa shape index (κ1) is 18.0. The van der Waals surface area contributed by atoms with Crippen LogP contribution in [0.4, 0.5) is 17.1 Å². The molecule has 0 aliphatic rings. The number of aromatic nitrogens is 1. The van der Waals surface area contributed by atoms with E-state index in [9.17, 15) is 4.79 Å². The Hall–Kier alpha value is -2.76. The SMILES string of the molecule is COc1ccc(NC(=O)c2cc(Nc3ccccc3Cl)ccn2)cc1Cl. The number of anilines is 3. The van der Waals surface area contributed by atoms with Gasteiger partial charge in [-0.05, 0) is 42.5 Å². The van der Waals surface area contributed by atoms with Crippen molar-refractivity contribution in [2.75, 3.05) is 17.7 Å². The summed E-state index contributed by atoms with van der Waals surface area (Å²) in [6, 6.07) is 15.7. The number of rotatable bonds is 5. The summed E-state index contributed by atoms with van der Waals surface area (Å²) in [6.45, 7) is 0. The van der Waals surface area contributed by atoms with Gasteiger partial charge in [-0.15, -0.1) is 0 Å². The molecule has 3 aromatic rings. The average Bonchev–Trinajstić information content (AvgIpc) is 2.64. The van der Waals surface area contributed by atoms with Crippen molar-refractivity contribution in [3.63, 3.8) is 0 Å². The van der Waals surface area contributed by atoms with Crippen LogP contribution in [-0.2, 0) is 0 Å². The molecule has 132 valence electrons. The molecular formula is C19H15Cl2N3O2. The fraction of sp³-hybridized carbons (Fsp3) is 0.0526. The molecule has 0 saturated heterocycles. The molecular weight excluding hydrogens is 373 g/mol. The number of carbonyl (C=O) groups is 1. The highest BCUT2D eigenvalue weighted by molar-refractivity contribution is 6.33. The molecule has 0 aliphatic carbocycles.